The largest absolute Gasteiger partial charge is 0.493 e. The Balaban J connectivity index is 2.09. The van der Waals surface area contributed by atoms with Gasteiger partial charge < -0.3 is 14.8 Å². The Kier molecular flexibility index (Phi) is 5.69. The zero-order chi connectivity index (χ0) is 16.1. The Morgan fingerprint density at radius 3 is 2.59 bits per heavy atom. The molecule has 0 unspecified atom stereocenters. The first-order chi connectivity index (χ1) is 10.5. The van der Waals surface area contributed by atoms with E-state index in [1.807, 2.05) is 13.8 Å². The minimum Gasteiger partial charge on any atom is -0.493 e. The molecule has 4 nitrogen and oxygen atoms in total. The number of carbonyl (C=O) groups is 1. The van der Waals surface area contributed by atoms with E-state index in [4.69, 9.17) is 9.47 Å². The average Bonchev–Trinajstić information content (AvgIpc) is 2.49. The monoisotopic (exact) mass is 305 g/mol. The predicted octanol–water partition coefficient (Wildman–Crippen LogP) is 3.79. The fraction of sp³-hybridized carbons (Fsp3) is 0.611. The van der Waals surface area contributed by atoms with Crippen LogP contribution in [0.3, 0.4) is 0 Å². The van der Waals surface area contributed by atoms with Crippen LogP contribution in [0.25, 0.3) is 0 Å². The van der Waals surface area contributed by atoms with Crippen LogP contribution < -0.4 is 14.8 Å². The van der Waals surface area contributed by atoms with Crippen molar-refractivity contribution >= 4 is 5.91 Å². The van der Waals surface area contributed by atoms with Crippen LogP contribution >= 0.6 is 0 Å². The van der Waals surface area contributed by atoms with Gasteiger partial charge in [0.05, 0.1) is 13.2 Å². The SMILES string of the molecule is COc1cc(C(=O)N[C@H]2CCCC[C@@H]2C)ccc1OC(C)C. The van der Waals surface area contributed by atoms with Crippen LogP contribution in [0.2, 0.25) is 0 Å². The molecule has 0 heterocycles. The Bertz CT molecular complexity index is 513. The molecule has 0 saturated heterocycles. The summed E-state index contributed by atoms with van der Waals surface area (Å²) in [5, 5.41) is 3.16. The molecule has 2 rings (SSSR count). The van der Waals surface area contributed by atoms with Crippen molar-refractivity contribution < 1.29 is 14.3 Å². The molecular formula is C18H27NO3. The van der Waals surface area contributed by atoms with E-state index in [-0.39, 0.29) is 18.1 Å². The molecule has 0 bridgehead atoms. The van der Waals surface area contributed by atoms with Crippen LogP contribution in [-0.2, 0) is 0 Å². The molecule has 1 aliphatic carbocycles. The number of carbonyl (C=O) groups excluding carboxylic acids is 1. The van der Waals surface area contributed by atoms with Gasteiger partial charge in [-0.3, -0.25) is 4.79 Å². The summed E-state index contributed by atoms with van der Waals surface area (Å²) in [6.07, 6.45) is 4.78. The molecule has 1 aromatic rings. The van der Waals surface area contributed by atoms with E-state index < -0.39 is 0 Å². The van der Waals surface area contributed by atoms with Gasteiger partial charge in [0.25, 0.3) is 5.91 Å². The van der Waals surface area contributed by atoms with Gasteiger partial charge in [0.15, 0.2) is 11.5 Å². The van der Waals surface area contributed by atoms with E-state index in [1.165, 1.54) is 19.3 Å². The topological polar surface area (TPSA) is 47.6 Å². The van der Waals surface area contributed by atoms with E-state index in [0.29, 0.717) is 23.0 Å². The Morgan fingerprint density at radius 1 is 1.23 bits per heavy atom. The molecule has 1 N–H and O–H groups in total. The molecule has 1 fully saturated rings. The lowest BCUT2D eigenvalue weighted by Gasteiger charge is -2.29. The summed E-state index contributed by atoms with van der Waals surface area (Å²) in [5.74, 6) is 1.77. The molecule has 1 aliphatic rings. The lowest BCUT2D eigenvalue weighted by Crippen LogP contribution is -2.41. The first-order valence-electron chi connectivity index (χ1n) is 8.16. The summed E-state index contributed by atoms with van der Waals surface area (Å²) in [7, 11) is 1.59. The molecule has 1 aromatic carbocycles. The summed E-state index contributed by atoms with van der Waals surface area (Å²) < 4.78 is 11.0. The van der Waals surface area contributed by atoms with E-state index in [2.05, 4.69) is 12.2 Å². The summed E-state index contributed by atoms with van der Waals surface area (Å²) in [6, 6.07) is 5.63. The second-order valence-electron chi connectivity index (χ2n) is 6.37. The van der Waals surface area contributed by atoms with Crippen molar-refractivity contribution in [1.29, 1.82) is 0 Å². The smallest absolute Gasteiger partial charge is 0.251 e. The van der Waals surface area contributed by atoms with Gasteiger partial charge in [0.2, 0.25) is 0 Å². The molecule has 22 heavy (non-hydrogen) atoms. The zero-order valence-electron chi connectivity index (χ0n) is 14.0. The van der Waals surface area contributed by atoms with Crippen molar-refractivity contribution in [1.82, 2.24) is 5.32 Å². The number of nitrogens with one attached hydrogen (secondary N) is 1. The first-order valence-corrected chi connectivity index (χ1v) is 8.16. The van der Waals surface area contributed by atoms with Crippen molar-refractivity contribution in [3.63, 3.8) is 0 Å². The maximum Gasteiger partial charge on any atom is 0.251 e. The fourth-order valence-corrected chi connectivity index (χ4v) is 2.94. The number of hydrogen-bond acceptors (Lipinski definition) is 3. The van der Waals surface area contributed by atoms with Crippen molar-refractivity contribution in [2.45, 2.75) is 58.6 Å². The summed E-state index contributed by atoms with van der Waals surface area (Å²) in [5.41, 5.74) is 0.616. The maximum absolute atomic E-state index is 12.5. The Labute approximate surface area is 133 Å². The second-order valence-corrected chi connectivity index (χ2v) is 6.37. The summed E-state index contributed by atoms with van der Waals surface area (Å²) >= 11 is 0. The Hall–Kier alpha value is -1.71. The molecule has 1 saturated carbocycles. The zero-order valence-corrected chi connectivity index (χ0v) is 14.0. The van der Waals surface area contributed by atoms with Gasteiger partial charge in [-0.15, -0.1) is 0 Å². The molecule has 0 aliphatic heterocycles. The van der Waals surface area contributed by atoms with E-state index in [9.17, 15) is 4.79 Å². The van der Waals surface area contributed by atoms with Gasteiger partial charge in [0.1, 0.15) is 0 Å². The van der Waals surface area contributed by atoms with Gasteiger partial charge >= 0.3 is 0 Å². The maximum atomic E-state index is 12.5. The predicted molar refractivity (Wildman–Crippen MR) is 87.6 cm³/mol. The third kappa shape index (κ3) is 4.15. The lowest BCUT2D eigenvalue weighted by molar-refractivity contribution is 0.0910. The first kappa shape index (κ1) is 16.7. The minimum atomic E-state index is -0.0341. The fourth-order valence-electron chi connectivity index (χ4n) is 2.94. The minimum absolute atomic E-state index is 0.0341. The van der Waals surface area contributed by atoms with Crippen LogP contribution in [-0.4, -0.2) is 25.2 Å². The third-order valence-electron chi connectivity index (χ3n) is 4.22. The number of amides is 1. The van der Waals surface area contributed by atoms with E-state index in [1.54, 1.807) is 25.3 Å². The normalized spacial score (nSPS) is 21.5. The second kappa shape index (κ2) is 7.52. The highest BCUT2D eigenvalue weighted by atomic mass is 16.5. The van der Waals surface area contributed by atoms with Crippen molar-refractivity contribution in [2.24, 2.45) is 5.92 Å². The van der Waals surface area contributed by atoms with Crippen LogP contribution in [0.1, 0.15) is 56.8 Å². The number of benzene rings is 1. The van der Waals surface area contributed by atoms with Crippen molar-refractivity contribution in [2.75, 3.05) is 7.11 Å². The number of ether oxygens (including phenoxy) is 2. The quantitative estimate of drug-likeness (QED) is 0.900. The van der Waals surface area contributed by atoms with Crippen LogP contribution in [0.15, 0.2) is 18.2 Å². The molecule has 4 heteroatoms. The standard InChI is InChI=1S/C18H27NO3/c1-12(2)22-16-10-9-14(11-17(16)21-4)18(20)19-15-8-6-5-7-13(15)3/h9-13,15H,5-8H2,1-4H3,(H,19,20)/t13-,15-/m0/s1. The van der Waals surface area contributed by atoms with Gasteiger partial charge in [-0.25, -0.2) is 0 Å². The van der Waals surface area contributed by atoms with Crippen molar-refractivity contribution in [3.8, 4) is 11.5 Å². The molecule has 122 valence electrons. The molecule has 0 aromatic heterocycles. The van der Waals surface area contributed by atoms with Crippen molar-refractivity contribution in [3.05, 3.63) is 23.8 Å². The average molecular weight is 305 g/mol. The highest BCUT2D eigenvalue weighted by molar-refractivity contribution is 5.95. The van der Waals surface area contributed by atoms with Crippen LogP contribution in [0.5, 0.6) is 11.5 Å². The Morgan fingerprint density at radius 2 is 1.95 bits per heavy atom. The van der Waals surface area contributed by atoms with E-state index >= 15 is 0 Å². The molecule has 1 amide bonds. The number of rotatable bonds is 5. The van der Waals surface area contributed by atoms with Gasteiger partial charge in [0, 0.05) is 11.6 Å². The van der Waals surface area contributed by atoms with Gasteiger partial charge in [-0.2, -0.15) is 0 Å². The summed E-state index contributed by atoms with van der Waals surface area (Å²) in [4.78, 5) is 12.5. The van der Waals surface area contributed by atoms with Gasteiger partial charge in [-0.1, -0.05) is 19.8 Å². The lowest BCUT2D eigenvalue weighted by atomic mass is 9.86. The highest BCUT2D eigenvalue weighted by Gasteiger charge is 2.23. The third-order valence-corrected chi connectivity index (χ3v) is 4.22. The highest BCUT2D eigenvalue weighted by Crippen LogP contribution is 2.29. The molecule has 0 radical (unpaired) electrons. The van der Waals surface area contributed by atoms with Crippen LogP contribution in [0, 0.1) is 5.92 Å². The molecule has 2 atom stereocenters. The number of methoxy groups -OCH3 is 1. The van der Waals surface area contributed by atoms with E-state index in [0.717, 1.165) is 6.42 Å². The molecular weight excluding hydrogens is 278 g/mol. The van der Waals surface area contributed by atoms with Crippen LogP contribution in [0.4, 0.5) is 0 Å². The number of hydrogen-bond donors (Lipinski definition) is 1. The molecule has 0 spiro atoms. The van der Waals surface area contributed by atoms with Gasteiger partial charge in [-0.05, 0) is 50.8 Å². The summed E-state index contributed by atoms with van der Waals surface area (Å²) in [6.45, 7) is 6.14.